The van der Waals surface area contributed by atoms with Crippen molar-refractivity contribution in [3.05, 3.63) is 35.9 Å². The molecule has 0 saturated carbocycles. The van der Waals surface area contributed by atoms with E-state index >= 15 is 0 Å². The number of hydrogen-bond acceptors (Lipinski definition) is 3. The van der Waals surface area contributed by atoms with E-state index in [0.717, 1.165) is 5.56 Å². The predicted octanol–water partition coefficient (Wildman–Crippen LogP) is 3.74. The third-order valence-corrected chi connectivity index (χ3v) is 5.93. The number of aliphatic hydroxyl groups excluding tert-OH is 1. The van der Waals surface area contributed by atoms with E-state index in [9.17, 15) is 9.90 Å². The van der Waals surface area contributed by atoms with Gasteiger partial charge in [0.15, 0.2) is 0 Å². The molecule has 118 valence electrons. The van der Waals surface area contributed by atoms with Crippen molar-refractivity contribution in [3.63, 3.8) is 0 Å². The highest BCUT2D eigenvalue weighted by Gasteiger charge is 2.40. The molecule has 0 aliphatic rings. The Morgan fingerprint density at radius 2 is 1.76 bits per heavy atom. The number of rotatable bonds is 7. The van der Waals surface area contributed by atoms with E-state index in [-0.39, 0.29) is 17.6 Å². The Kier molecular flexibility index (Phi) is 6.62. The smallest absolute Gasteiger partial charge is 0.305 e. The summed E-state index contributed by atoms with van der Waals surface area (Å²) in [7, 11) is -1.79. The Morgan fingerprint density at radius 1 is 1.19 bits per heavy atom. The Morgan fingerprint density at radius 3 is 2.19 bits per heavy atom. The van der Waals surface area contributed by atoms with Crippen LogP contribution in [-0.2, 0) is 9.53 Å². The van der Waals surface area contributed by atoms with Crippen molar-refractivity contribution in [2.24, 2.45) is 0 Å². The van der Waals surface area contributed by atoms with Crippen molar-refractivity contribution in [2.75, 3.05) is 0 Å². The van der Waals surface area contributed by atoms with Crippen LogP contribution < -0.4 is 0 Å². The molecule has 0 aromatic heterocycles. The zero-order valence-corrected chi connectivity index (χ0v) is 14.8. The highest BCUT2D eigenvalue weighted by molar-refractivity contribution is 6.77. The molecule has 0 aliphatic carbocycles. The lowest BCUT2D eigenvalue weighted by Crippen LogP contribution is -2.49. The number of benzene rings is 1. The summed E-state index contributed by atoms with van der Waals surface area (Å²) in [5.74, 6) is -0.343. The molecule has 1 aromatic rings. The van der Waals surface area contributed by atoms with Crippen molar-refractivity contribution in [3.8, 4) is 0 Å². The molecule has 0 fully saturated rings. The highest BCUT2D eigenvalue weighted by atomic mass is 28.3. The Balaban J connectivity index is 3.21. The van der Waals surface area contributed by atoms with Crippen LogP contribution in [0.4, 0.5) is 0 Å². The van der Waals surface area contributed by atoms with E-state index < -0.39 is 14.2 Å². The first-order chi connectivity index (χ1) is 9.81. The van der Waals surface area contributed by atoms with Crippen molar-refractivity contribution < 1.29 is 14.6 Å². The van der Waals surface area contributed by atoms with E-state index in [4.69, 9.17) is 4.74 Å². The summed E-state index contributed by atoms with van der Waals surface area (Å²) in [6.07, 6.45) is 0.503. The van der Waals surface area contributed by atoms with Gasteiger partial charge < -0.3 is 9.84 Å². The maximum absolute atomic E-state index is 11.8. The molecular weight excluding hydrogens is 280 g/mol. The number of esters is 1. The molecule has 0 aliphatic heterocycles. The molecule has 1 N–H and O–H groups in total. The summed E-state index contributed by atoms with van der Waals surface area (Å²) < 4.78 is 5.77. The number of hydrogen-bond donors (Lipinski definition) is 1. The second-order valence-electron chi connectivity index (χ2n) is 6.54. The van der Waals surface area contributed by atoms with Gasteiger partial charge in [-0.25, -0.2) is 0 Å². The minimum absolute atomic E-state index is 0.154. The zero-order chi connectivity index (χ0) is 16.0. The molecule has 0 radical (unpaired) electrons. The van der Waals surface area contributed by atoms with Gasteiger partial charge in [-0.3, -0.25) is 4.79 Å². The molecule has 4 heteroatoms. The van der Waals surface area contributed by atoms with Gasteiger partial charge in [-0.2, -0.15) is 0 Å². The van der Waals surface area contributed by atoms with Crippen LogP contribution in [0.15, 0.2) is 30.3 Å². The molecule has 21 heavy (non-hydrogen) atoms. The fraction of sp³-hybridized carbons (Fsp3) is 0.588. The van der Waals surface area contributed by atoms with Crippen LogP contribution in [0.1, 0.15) is 38.2 Å². The average Bonchev–Trinajstić information content (AvgIpc) is 2.46. The first-order valence-corrected chi connectivity index (χ1v) is 11.3. The van der Waals surface area contributed by atoms with Crippen LogP contribution in [0.25, 0.3) is 0 Å². The first-order valence-electron chi connectivity index (χ1n) is 7.73. The first kappa shape index (κ1) is 17.9. The van der Waals surface area contributed by atoms with E-state index in [0.29, 0.717) is 12.8 Å². The van der Waals surface area contributed by atoms with E-state index in [1.54, 1.807) is 6.92 Å². The maximum Gasteiger partial charge on any atom is 0.305 e. The van der Waals surface area contributed by atoms with E-state index in [1.165, 1.54) is 0 Å². The van der Waals surface area contributed by atoms with Gasteiger partial charge >= 0.3 is 5.97 Å². The van der Waals surface area contributed by atoms with Crippen molar-refractivity contribution in [1.29, 1.82) is 0 Å². The molecule has 0 amide bonds. The van der Waals surface area contributed by atoms with Crippen LogP contribution in [0.5, 0.6) is 0 Å². The lowest BCUT2D eigenvalue weighted by Gasteiger charge is -2.37. The number of ether oxygens (including phenoxy) is 1. The summed E-state index contributed by atoms with van der Waals surface area (Å²) in [6.45, 7) is 10.3. The molecule has 1 rings (SSSR count). The molecule has 0 unspecified atom stereocenters. The fourth-order valence-electron chi connectivity index (χ4n) is 2.54. The molecule has 1 aromatic carbocycles. The second kappa shape index (κ2) is 7.76. The van der Waals surface area contributed by atoms with Gasteiger partial charge in [-0.05, 0) is 12.0 Å². The van der Waals surface area contributed by atoms with Crippen molar-refractivity contribution in [1.82, 2.24) is 0 Å². The molecule has 0 spiro atoms. The number of aliphatic hydroxyl groups is 1. The molecule has 3 nitrogen and oxygen atoms in total. The Hall–Kier alpha value is -1.13. The Labute approximate surface area is 129 Å². The summed E-state index contributed by atoms with van der Waals surface area (Å²) in [4.78, 5) is 11.8. The fourth-order valence-corrected chi connectivity index (χ4v) is 4.52. The molecule has 0 saturated heterocycles. The standard InChI is InChI=1S/C17H28O3Si/c1-6-14(18)16(13-11-9-8-10-12-13)17(21(3,4)5)20-15(19)7-2/h8-12,14,16-18H,6-7H2,1-5H3/t14-,16-,17-/m1/s1. The minimum atomic E-state index is -1.79. The van der Waals surface area contributed by atoms with Crippen LogP contribution >= 0.6 is 0 Å². The summed E-state index contributed by atoms with van der Waals surface area (Å²) in [5.41, 5.74) is 0.825. The highest BCUT2D eigenvalue weighted by Crippen LogP contribution is 2.33. The SMILES string of the molecule is CCC(=O)O[C@@H]([C@H](c1ccccc1)[C@H](O)CC)[Si](C)(C)C. The summed E-state index contributed by atoms with van der Waals surface area (Å²) >= 11 is 0. The average molecular weight is 308 g/mol. The number of carbonyl (C=O) groups excluding carboxylic acids is 1. The van der Waals surface area contributed by atoms with Gasteiger partial charge in [0.05, 0.1) is 19.9 Å². The molecule has 0 heterocycles. The Bertz CT molecular complexity index is 439. The quantitative estimate of drug-likeness (QED) is 0.616. The topological polar surface area (TPSA) is 46.5 Å². The van der Waals surface area contributed by atoms with E-state index in [1.807, 2.05) is 37.3 Å². The molecule has 0 bridgehead atoms. The monoisotopic (exact) mass is 308 g/mol. The number of carbonyl (C=O) groups is 1. The van der Waals surface area contributed by atoms with Gasteiger partial charge in [-0.15, -0.1) is 0 Å². The van der Waals surface area contributed by atoms with Crippen LogP contribution in [0.3, 0.4) is 0 Å². The van der Waals surface area contributed by atoms with Gasteiger partial charge in [0.25, 0.3) is 0 Å². The van der Waals surface area contributed by atoms with Gasteiger partial charge in [0.2, 0.25) is 0 Å². The summed E-state index contributed by atoms with van der Waals surface area (Å²) in [5, 5.41) is 10.5. The summed E-state index contributed by atoms with van der Waals surface area (Å²) in [6, 6.07) is 9.91. The van der Waals surface area contributed by atoms with Crippen LogP contribution in [0, 0.1) is 0 Å². The van der Waals surface area contributed by atoms with Crippen molar-refractivity contribution in [2.45, 2.75) is 64.1 Å². The lowest BCUT2D eigenvalue weighted by molar-refractivity contribution is -0.147. The predicted molar refractivity (Wildman–Crippen MR) is 89.0 cm³/mol. The zero-order valence-electron chi connectivity index (χ0n) is 13.8. The van der Waals surface area contributed by atoms with Gasteiger partial charge in [-0.1, -0.05) is 63.8 Å². The van der Waals surface area contributed by atoms with Gasteiger partial charge in [0, 0.05) is 12.3 Å². The van der Waals surface area contributed by atoms with Crippen molar-refractivity contribution >= 4 is 14.0 Å². The molecular formula is C17H28O3Si. The second-order valence-corrected chi connectivity index (χ2v) is 11.8. The van der Waals surface area contributed by atoms with Gasteiger partial charge in [0.1, 0.15) is 0 Å². The third kappa shape index (κ3) is 4.97. The molecule has 3 atom stereocenters. The maximum atomic E-state index is 11.8. The largest absolute Gasteiger partial charge is 0.466 e. The minimum Gasteiger partial charge on any atom is -0.466 e. The van der Waals surface area contributed by atoms with Crippen LogP contribution in [-0.4, -0.2) is 31.0 Å². The third-order valence-electron chi connectivity index (χ3n) is 3.74. The normalized spacial score (nSPS) is 16.1. The van der Waals surface area contributed by atoms with Crippen LogP contribution in [0.2, 0.25) is 19.6 Å². The lowest BCUT2D eigenvalue weighted by atomic mass is 9.92. The van der Waals surface area contributed by atoms with E-state index in [2.05, 4.69) is 19.6 Å².